The van der Waals surface area contributed by atoms with Crippen molar-refractivity contribution >= 4 is 36.2 Å². The van der Waals surface area contributed by atoms with Gasteiger partial charge in [-0.2, -0.15) is 0 Å². The van der Waals surface area contributed by atoms with Crippen molar-refractivity contribution in [3.05, 3.63) is 144 Å². The van der Waals surface area contributed by atoms with Gasteiger partial charge >= 0.3 is 24.4 Å². The summed E-state index contributed by atoms with van der Waals surface area (Å²) in [6, 6.07) is 34.6. The van der Waals surface area contributed by atoms with E-state index in [4.69, 9.17) is 37.9 Å². The zero-order valence-corrected chi connectivity index (χ0v) is 43.3. The molecule has 74 heavy (non-hydrogen) atoms. The second-order valence-electron chi connectivity index (χ2n) is 18.0. The molecule has 2 unspecified atom stereocenters. The Labute approximate surface area is 434 Å². The van der Waals surface area contributed by atoms with Gasteiger partial charge in [-0.1, -0.05) is 121 Å². The molecule has 0 spiro atoms. The third-order valence-corrected chi connectivity index (χ3v) is 9.40. The third-order valence-electron chi connectivity index (χ3n) is 9.40. The molecule has 4 aromatic carbocycles. The number of ether oxygens (including phenoxy) is 8. The number of amides is 6. The van der Waals surface area contributed by atoms with Crippen LogP contribution in [0.5, 0.6) is 0 Å². The van der Waals surface area contributed by atoms with Crippen molar-refractivity contribution in [2.45, 2.75) is 78.0 Å². The topological polar surface area (TPSA) is 248 Å². The Morgan fingerprint density at radius 2 is 0.662 bits per heavy atom. The molecule has 0 saturated heterocycles. The molecule has 2 atom stereocenters. The predicted molar refractivity (Wildman–Crippen MR) is 276 cm³/mol. The van der Waals surface area contributed by atoms with E-state index in [1.54, 1.807) is 90.1 Å². The van der Waals surface area contributed by atoms with Crippen LogP contribution in [0.15, 0.2) is 121 Å². The number of nitrogens with one attached hydrogen (secondary N) is 6. The van der Waals surface area contributed by atoms with Crippen molar-refractivity contribution in [3.63, 3.8) is 0 Å². The molecule has 4 aromatic rings. The minimum atomic E-state index is -0.912. The summed E-state index contributed by atoms with van der Waals surface area (Å²) >= 11 is 0. The van der Waals surface area contributed by atoms with E-state index in [9.17, 15) is 28.8 Å². The Bertz CT molecular complexity index is 2060. The third kappa shape index (κ3) is 29.3. The molecule has 20 heteroatoms. The Hall–Kier alpha value is -7.26. The van der Waals surface area contributed by atoms with Crippen LogP contribution in [0.2, 0.25) is 0 Å². The van der Waals surface area contributed by atoms with Crippen LogP contribution in [0.25, 0.3) is 0 Å². The second-order valence-corrected chi connectivity index (χ2v) is 18.0. The van der Waals surface area contributed by atoms with E-state index in [0.717, 1.165) is 11.1 Å². The molecule has 0 aliphatic heterocycles. The summed E-state index contributed by atoms with van der Waals surface area (Å²) in [5.41, 5.74) is 1.86. The molecule has 0 fully saturated rings. The van der Waals surface area contributed by atoms with Crippen LogP contribution in [-0.2, 0) is 60.7 Å². The van der Waals surface area contributed by atoms with Gasteiger partial charge < -0.3 is 69.8 Å². The summed E-state index contributed by atoms with van der Waals surface area (Å²) in [5.74, 6) is -0.758. The van der Waals surface area contributed by atoms with Gasteiger partial charge in [0.2, 0.25) is 11.8 Å². The fourth-order valence-corrected chi connectivity index (χ4v) is 6.08. The molecule has 0 heterocycles. The first kappa shape index (κ1) is 61.0. The molecule has 6 amide bonds. The minimum Gasteiger partial charge on any atom is -0.445 e. The summed E-state index contributed by atoms with van der Waals surface area (Å²) in [7, 11) is 0. The van der Waals surface area contributed by atoms with Crippen LogP contribution >= 0.6 is 0 Å². The van der Waals surface area contributed by atoms with Gasteiger partial charge in [0.05, 0.1) is 52.9 Å². The average Bonchev–Trinajstić information content (AvgIpc) is 3.37. The smallest absolute Gasteiger partial charge is 0.408 e. The van der Waals surface area contributed by atoms with E-state index < -0.39 is 47.7 Å². The molecular formula is C54H74N6O14. The highest BCUT2D eigenvalue weighted by Gasteiger charge is 2.25. The SMILES string of the molecule is CC(C)(C)OC(=O)NCCOCCOCCNC(=O)C(NC(=O)OCc1ccccc1)c1ccccc1.CC(C)(C)OC(=O)NCCOCCOCCNC(=O)C(NC(=O)OCc1ccccc1)c1ccccc1. The van der Waals surface area contributed by atoms with E-state index in [-0.39, 0.29) is 51.3 Å². The summed E-state index contributed by atoms with van der Waals surface area (Å²) in [6.07, 6.45) is -2.36. The monoisotopic (exact) mass is 1030 g/mol. The van der Waals surface area contributed by atoms with E-state index >= 15 is 0 Å². The first-order chi connectivity index (χ1) is 35.5. The normalized spacial score (nSPS) is 11.8. The van der Waals surface area contributed by atoms with Crippen molar-refractivity contribution in [3.8, 4) is 0 Å². The molecule has 0 aliphatic rings. The number of rotatable bonds is 28. The summed E-state index contributed by atoms with van der Waals surface area (Å²) < 4.78 is 42.5. The van der Waals surface area contributed by atoms with Crippen LogP contribution in [-0.4, -0.2) is 126 Å². The molecule has 0 radical (unpaired) electrons. The van der Waals surface area contributed by atoms with Gasteiger partial charge in [0.1, 0.15) is 36.5 Å². The highest BCUT2D eigenvalue weighted by atomic mass is 16.6. The quantitative estimate of drug-likeness (QED) is 0.0257. The van der Waals surface area contributed by atoms with Gasteiger partial charge in [0, 0.05) is 26.2 Å². The van der Waals surface area contributed by atoms with Crippen molar-refractivity contribution in [2.24, 2.45) is 0 Å². The lowest BCUT2D eigenvalue weighted by Crippen LogP contribution is -2.41. The van der Waals surface area contributed by atoms with Gasteiger partial charge in [0.15, 0.2) is 0 Å². The number of hydrogen-bond acceptors (Lipinski definition) is 14. The van der Waals surface area contributed by atoms with Crippen LogP contribution in [0.1, 0.15) is 75.9 Å². The van der Waals surface area contributed by atoms with Crippen molar-refractivity contribution < 1.29 is 66.7 Å². The maximum absolute atomic E-state index is 12.8. The van der Waals surface area contributed by atoms with Gasteiger partial charge in [0.25, 0.3) is 0 Å². The van der Waals surface area contributed by atoms with Crippen LogP contribution in [0, 0.1) is 0 Å². The predicted octanol–water partition coefficient (Wildman–Crippen LogP) is 6.66. The summed E-state index contributed by atoms with van der Waals surface area (Å²) in [5, 5.41) is 16.0. The maximum atomic E-state index is 12.8. The Kier molecular flexibility index (Phi) is 28.9. The Morgan fingerprint density at radius 3 is 0.959 bits per heavy atom. The van der Waals surface area contributed by atoms with Gasteiger partial charge in [-0.05, 0) is 63.8 Å². The lowest BCUT2D eigenvalue weighted by Gasteiger charge is -2.19. The number of benzene rings is 4. The Balaban J connectivity index is 0.000000390. The molecule has 4 rings (SSSR count). The highest BCUT2D eigenvalue weighted by molar-refractivity contribution is 5.87. The maximum Gasteiger partial charge on any atom is 0.408 e. The summed E-state index contributed by atoms with van der Waals surface area (Å²) in [6.45, 7) is 14.6. The van der Waals surface area contributed by atoms with E-state index in [1.165, 1.54) is 0 Å². The molecule has 0 saturated carbocycles. The lowest BCUT2D eigenvalue weighted by atomic mass is 10.1. The number of carbonyl (C=O) groups excluding carboxylic acids is 6. The molecule has 6 N–H and O–H groups in total. The van der Waals surface area contributed by atoms with Crippen LogP contribution in [0.4, 0.5) is 19.2 Å². The molecule has 404 valence electrons. The number of hydrogen-bond donors (Lipinski definition) is 6. The van der Waals surface area contributed by atoms with Gasteiger partial charge in [-0.3, -0.25) is 9.59 Å². The van der Waals surface area contributed by atoms with Crippen LogP contribution < -0.4 is 31.9 Å². The summed E-state index contributed by atoms with van der Waals surface area (Å²) in [4.78, 5) is 73.3. The zero-order valence-electron chi connectivity index (χ0n) is 43.3. The first-order valence-electron chi connectivity index (χ1n) is 24.3. The number of alkyl carbamates (subject to hydrolysis) is 4. The van der Waals surface area contributed by atoms with Crippen LogP contribution in [0.3, 0.4) is 0 Å². The lowest BCUT2D eigenvalue weighted by molar-refractivity contribution is -0.124. The second kappa shape index (κ2) is 35.0. The molecular weight excluding hydrogens is 957 g/mol. The van der Waals surface area contributed by atoms with Gasteiger partial charge in [-0.15, -0.1) is 0 Å². The minimum absolute atomic E-state index is 0.1000. The first-order valence-corrected chi connectivity index (χ1v) is 24.3. The molecule has 20 nitrogen and oxygen atoms in total. The van der Waals surface area contributed by atoms with E-state index in [0.29, 0.717) is 63.9 Å². The Morgan fingerprint density at radius 1 is 0.378 bits per heavy atom. The fraction of sp³-hybridized carbons (Fsp3) is 0.444. The van der Waals surface area contributed by atoms with Crippen molar-refractivity contribution in [1.29, 1.82) is 0 Å². The standard InChI is InChI=1S/2C27H37N3O7/c2*1-27(2,3)37-25(32)29-15-17-35-19-18-34-16-14-28-24(31)23(22-12-8-5-9-13-22)30-26(33)36-20-21-10-6-4-7-11-21/h2*4-13,23H,14-20H2,1-3H3,(H,28,31)(H,29,32)(H,30,33). The average molecular weight is 1030 g/mol. The fourth-order valence-electron chi connectivity index (χ4n) is 6.08. The molecule has 0 aromatic heterocycles. The highest BCUT2D eigenvalue weighted by Crippen LogP contribution is 2.15. The van der Waals surface area contributed by atoms with E-state index in [1.807, 2.05) is 72.8 Å². The van der Waals surface area contributed by atoms with E-state index in [2.05, 4.69) is 31.9 Å². The molecule has 0 aliphatic carbocycles. The zero-order chi connectivity index (χ0) is 53.9. The van der Waals surface area contributed by atoms with Crippen molar-refractivity contribution in [2.75, 3.05) is 79.0 Å². The molecule has 0 bridgehead atoms. The van der Waals surface area contributed by atoms with Crippen molar-refractivity contribution in [1.82, 2.24) is 31.9 Å². The largest absolute Gasteiger partial charge is 0.445 e. The van der Waals surface area contributed by atoms with Gasteiger partial charge in [-0.25, -0.2) is 19.2 Å². The number of carbonyl (C=O) groups is 6.